The molecule has 0 radical (unpaired) electrons. The second-order valence-electron chi connectivity index (χ2n) is 10.8. The lowest BCUT2D eigenvalue weighted by molar-refractivity contribution is -0.120. The molecule has 2 fully saturated rings. The molecule has 13 heteroatoms. The smallest absolute Gasteiger partial charge is 0.298 e. The third-order valence-electron chi connectivity index (χ3n) is 7.78. The Morgan fingerprint density at radius 2 is 1.77 bits per heavy atom. The first-order chi connectivity index (χ1) is 20.7. The van der Waals surface area contributed by atoms with Crippen LogP contribution >= 0.6 is 23.2 Å². The molecule has 2 amide bonds. The molecule has 4 aromatic rings. The fourth-order valence-electron chi connectivity index (χ4n) is 5.68. The van der Waals surface area contributed by atoms with Crippen LogP contribution in [0.5, 0.6) is 5.88 Å². The molecule has 0 aliphatic carbocycles. The minimum atomic E-state index is -0.708. The Hall–Kier alpha value is -4.32. The molecule has 220 valence electrons. The van der Waals surface area contributed by atoms with Crippen molar-refractivity contribution >= 4 is 40.7 Å². The maximum absolute atomic E-state index is 12.8. The monoisotopic (exact) mass is 619 g/mol. The Bertz CT molecular complexity index is 1820. The highest BCUT2D eigenvalue weighted by atomic mass is 35.5. The zero-order valence-electron chi connectivity index (χ0n) is 23.4. The van der Waals surface area contributed by atoms with E-state index < -0.39 is 11.5 Å². The van der Waals surface area contributed by atoms with Crippen LogP contribution in [0.3, 0.4) is 0 Å². The highest BCUT2D eigenvalue weighted by Gasteiger charge is 2.47. The van der Waals surface area contributed by atoms with Crippen LogP contribution in [-0.4, -0.2) is 63.2 Å². The SMILES string of the molecule is COc1nc(-c2cccc(-c3cccc(NC(=O)c4ncnn(C)c4=O)c3Cl)c2Cl)ccc1CN1CC2(CNC(=O)C2)C1. The molecule has 2 saturated heterocycles. The summed E-state index contributed by atoms with van der Waals surface area (Å²) in [5.41, 5.74) is 2.85. The molecule has 0 saturated carbocycles. The van der Waals surface area contributed by atoms with E-state index in [1.165, 1.54) is 7.05 Å². The fraction of sp³-hybridized carbons (Fsp3) is 0.267. The number of rotatable bonds is 7. The first-order valence-corrected chi connectivity index (χ1v) is 14.2. The number of nitrogens with zero attached hydrogens (tertiary/aromatic N) is 5. The van der Waals surface area contributed by atoms with Crippen molar-refractivity contribution in [1.82, 2.24) is 30.0 Å². The highest BCUT2D eigenvalue weighted by molar-refractivity contribution is 6.39. The Morgan fingerprint density at radius 1 is 1.05 bits per heavy atom. The lowest BCUT2D eigenvalue weighted by atomic mass is 9.79. The highest BCUT2D eigenvalue weighted by Crippen LogP contribution is 2.42. The van der Waals surface area contributed by atoms with E-state index in [1.54, 1.807) is 25.3 Å². The number of aromatic nitrogens is 4. The molecule has 0 unspecified atom stereocenters. The molecular weight excluding hydrogens is 593 g/mol. The van der Waals surface area contributed by atoms with E-state index in [4.69, 9.17) is 32.9 Å². The summed E-state index contributed by atoms with van der Waals surface area (Å²) in [4.78, 5) is 47.6. The van der Waals surface area contributed by atoms with Gasteiger partial charge in [-0.05, 0) is 12.1 Å². The molecule has 0 atom stereocenters. The van der Waals surface area contributed by atoms with E-state index in [2.05, 4.69) is 25.6 Å². The first kappa shape index (κ1) is 28.8. The van der Waals surface area contributed by atoms with Crippen molar-refractivity contribution in [3.05, 3.63) is 86.5 Å². The largest absolute Gasteiger partial charge is 0.481 e. The standard InChI is InChI=1S/C30H27Cl2N7O4/c1-38-29(42)26(34-16-35-38)27(41)36-22-8-4-6-19(25(22)32)18-5-3-7-20(24(18)31)21-10-9-17(28(37-21)43-2)12-39-14-30(15-39)11-23(40)33-13-30/h3-10,16H,11-15H2,1-2H3,(H,33,40)(H,36,41). The van der Waals surface area contributed by atoms with Crippen LogP contribution in [0.15, 0.2) is 59.7 Å². The summed E-state index contributed by atoms with van der Waals surface area (Å²) < 4.78 is 6.67. The maximum atomic E-state index is 12.8. The van der Waals surface area contributed by atoms with E-state index in [0.717, 1.165) is 36.2 Å². The zero-order valence-corrected chi connectivity index (χ0v) is 24.9. The second-order valence-corrected chi connectivity index (χ2v) is 11.5. The number of methoxy groups -OCH3 is 1. The molecule has 43 heavy (non-hydrogen) atoms. The van der Waals surface area contributed by atoms with E-state index in [1.807, 2.05) is 30.3 Å². The van der Waals surface area contributed by atoms with Crippen molar-refractivity contribution in [2.75, 3.05) is 32.1 Å². The zero-order chi connectivity index (χ0) is 30.3. The van der Waals surface area contributed by atoms with Crippen LogP contribution in [0, 0.1) is 5.41 Å². The Morgan fingerprint density at radius 3 is 2.49 bits per heavy atom. The number of likely N-dealkylation sites (tertiary alicyclic amines) is 1. The van der Waals surface area contributed by atoms with Crippen molar-refractivity contribution in [3.63, 3.8) is 0 Å². The van der Waals surface area contributed by atoms with Gasteiger partial charge in [0.15, 0.2) is 5.69 Å². The van der Waals surface area contributed by atoms with E-state index in [0.29, 0.717) is 51.9 Å². The Labute approximate surface area is 256 Å². The van der Waals surface area contributed by atoms with Crippen LogP contribution in [0.4, 0.5) is 5.69 Å². The molecule has 2 aromatic heterocycles. The lowest BCUT2D eigenvalue weighted by Crippen LogP contribution is -2.56. The van der Waals surface area contributed by atoms with Crippen molar-refractivity contribution in [1.29, 1.82) is 0 Å². The average molecular weight is 620 g/mol. The molecule has 11 nitrogen and oxygen atoms in total. The molecular formula is C30H27Cl2N7O4. The van der Waals surface area contributed by atoms with Gasteiger partial charge in [-0.2, -0.15) is 5.10 Å². The van der Waals surface area contributed by atoms with E-state index >= 15 is 0 Å². The topological polar surface area (TPSA) is 131 Å². The number of anilines is 1. The van der Waals surface area contributed by atoms with Crippen LogP contribution in [0.2, 0.25) is 10.0 Å². The van der Waals surface area contributed by atoms with Gasteiger partial charge in [-0.25, -0.2) is 14.6 Å². The number of aryl methyl sites for hydroxylation is 1. The molecule has 2 N–H and O–H groups in total. The number of hydrogen-bond donors (Lipinski definition) is 2. The van der Waals surface area contributed by atoms with Gasteiger partial charge in [-0.1, -0.05) is 59.6 Å². The van der Waals surface area contributed by atoms with Crippen LogP contribution in [-0.2, 0) is 18.4 Å². The third kappa shape index (κ3) is 5.47. The lowest BCUT2D eigenvalue weighted by Gasteiger charge is -2.47. The number of carbonyl (C=O) groups excluding carboxylic acids is 2. The maximum Gasteiger partial charge on any atom is 0.298 e. The number of benzene rings is 2. The summed E-state index contributed by atoms with van der Waals surface area (Å²) in [7, 11) is 3.02. The molecule has 0 bridgehead atoms. The molecule has 6 rings (SSSR count). The summed E-state index contributed by atoms with van der Waals surface area (Å²) in [6, 6.07) is 14.6. The van der Waals surface area contributed by atoms with Gasteiger partial charge in [0.05, 0.1) is 28.5 Å². The van der Waals surface area contributed by atoms with E-state index in [-0.39, 0.29) is 22.0 Å². The van der Waals surface area contributed by atoms with Crippen LogP contribution < -0.4 is 20.9 Å². The van der Waals surface area contributed by atoms with Crippen molar-refractivity contribution < 1.29 is 14.3 Å². The summed E-state index contributed by atoms with van der Waals surface area (Å²) in [6.45, 7) is 3.09. The molecule has 2 aliphatic rings. The summed E-state index contributed by atoms with van der Waals surface area (Å²) in [6.07, 6.45) is 1.71. The second kappa shape index (κ2) is 11.4. The van der Waals surface area contributed by atoms with E-state index in [9.17, 15) is 14.4 Å². The fourth-order valence-corrected chi connectivity index (χ4v) is 6.28. The number of carbonyl (C=O) groups is 2. The Kier molecular flexibility index (Phi) is 7.63. The first-order valence-electron chi connectivity index (χ1n) is 13.5. The predicted molar refractivity (Wildman–Crippen MR) is 162 cm³/mol. The normalized spacial score (nSPS) is 15.7. The van der Waals surface area contributed by atoms with Gasteiger partial charge < -0.3 is 15.4 Å². The summed E-state index contributed by atoms with van der Waals surface area (Å²) in [5, 5.41) is 10.00. The minimum Gasteiger partial charge on any atom is -0.481 e. The number of nitrogens with one attached hydrogen (secondary N) is 2. The summed E-state index contributed by atoms with van der Waals surface area (Å²) in [5.74, 6) is -0.0892. The number of hydrogen-bond acceptors (Lipinski definition) is 8. The summed E-state index contributed by atoms with van der Waals surface area (Å²) >= 11 is 13.7. The van der Waals surface area contributed by atoms with Gasteiger partial charge in [-0.15, -0.1) is 0 Å². The molecule has 2 aromatic carbocycles. The van der Waals surface area contributed by atoms with Crippen LogP contribution in [0.1, 0.15) is 22.5 Å². The van der Waals surface area contributed by atoms with Crippen molar-refractivity contribution in [2.24, 2.45) is 12.5 Å². The van der Waals surface area contributed by atoms with Gasteiger partial charge in [0.1, 0.15) is 6.33 Å². The quantitative estimate of drug-likeness (QED) is 0.319. The van der Waals surface area contributed by atoms with Gasteiger partial charge >= 0.3 is 0 Å². The number of ether oxygens (including phenoxy) is 1. The van der Waals surface area contributed by atoms with Crippen LogP contribution in [0.25, 0.3) is 22.4 Å². The van der Waals surface area contributed by atoms with Crippen molar-refractivity contribution in [2.45, 2.75) is 13.0 Å². The molecule has 4 heterocycles. The van der Waals surface area contributed by atoms with Gasteiger partial charge in [0.25, 0.3) is 11.5 Å². The number of halogens is 2. The third-order valence-corrected chi connectivity index (χ3v) is 8.59. The molecule has 2 aliphatic heterocycles. The van der Waals surface area contributed by atoms with Crippen molar-refractivity contribution in [3.8, 4) is 28.3 Å². The van der Waals surface area contributed by atoms with Gasteiger partial charge in [0.2, 0.25) is 11.8 Å². The Balaban J connectivity index is 1.25. The number of pyridine rings is 1. The number of amides is 2. The molecule has 1 spiro atoms. The average Bonchev–Trinajstić information content (AvgIpc) is 3.37. The predicted octanol–water partition coefficient (Wildman–Crippen LogP) is 3.79. The van der Waals surface area contributed by atoms with Gasteiger partial charge in [0, 0.05) is 67.3 Å². The van der Waals surface area contributed by atoms with Gasteiger partial charge in [-0.3, -0.25) is 19.3 Å². The minimum absolute atomic E-state index is 0.0417.